The third-order valence-corrected chi connectivity index (χ3v) is 6.03. The molecule has 22 heavy (non-hydrogen) atoms. The number of para-hydroxylation sites is 1. The summed E-state index contributed by atoms with van der Waals surface area (Å²) in [4.78, 5) is 14.1. The van der Waals surface area contributed by atoms with Gasteiger partial charge in [-0.25, -0.2) is 8.42 Å². The normalized spacial score (nSPS) is 17.7. The van der Waals surface area contributed by atoms with Gasteiger partial charge in [0.05, 0.1) is 18.5 Å². The maximum Gasteiger partial charge on any atom is 0.245 e. The molecule has 1 aliphatic heterocycles. The molecule has 122 valence electrons. The molecule has 1 heterocycles. The Morgan fingerprint density at radius 3 is 2.73 bits per heavy atom. The van der Waals surface area contributed by atoms with Crippen molar-refractivity contribution >= 4 is 21.4 Å². The van der Waals surface area contributed by atoms with Crippen molar-refractivity contribution in [2.45, 2.75) is 31.1 Å². The maximum atomic E-state index is 12.6. The molecule has 2 rings (SSSR count). The average Bonchev–Trinajstić information content (AvgIpc) is 2.52. The Morgan fingerprint density at radius 2 is 2.05 bits per heavy atom. The number of anilines is 1. The molecule has 0 aliphatic carbocycles. The molecule has 0 spiro atoms. The largest absolute Gasteiger partial charge is 0.394 e. The van der Waals surface area contributed by atoms with Crippen molar-refractivity contribution in [1.82, 2.24) is 0 Å². The van der Waals surface area contributed by atoms with Gasteiger partial charge in [0, 0.05) is 12.2 Å². The zero-order valence-corrected chi connectivity index (χ0v) is 13.3. The number of aliphatic hydroxyl groups excluding tert-OH is 2. The van der Waals surface area contributed by atoms with E-state index in [1.54, 1.807) is 0 Å². The second-order valence-electron chi connectivity index (χ2n) is 5.53. The van der Waals surface area contributed by atoms with Crippen molar-refractivity contribution in [2.75, 3.05) is 23.8 Å². The average molecular weight is 327 g/mol. The summed E-state index contributed by atoms with van der Waals surface area (Å²) in [5, 5.41) is 16.9. The summed E-state index contributed by atoms with van der Waals surface area (Å²) >= 11 is 0. The number of aliphatic hydroxyl groups is 2. The van der Waals surface area contributed by atoms with Crippen LogP contribution in [0.5, 0.6) is 0 Å². The van der Waals surface area contributed by atoms with Crippen molar-refractivity contribution in [3.05, 3.63) is 29.8 Å². The van der Waals surface area contributed by atoms with Gasteiger partial charge in [0.15, 0.2) is 9.84 Å². The summed E-state index contributed by atoms with van der Waals surface area (Å²) in [7, 11) is -3.82. The number of nitrogens with zero attached hydrogens (tertiary/aromatic N) is 1. The molecular formula is C15H21NO5S. The molecule has 1 aromatic rings. The molecule has 0 saturated heterocycles. The molecule has 1 aromatic carbocycles. The van der Waals surface area contributed by atoms with Crippen LogP contribution in [0.15, 0.2) is 24.3 Å². The Hall–Kier alpha value is -1.44. The van der Waals surface area contributed by atoms with E-state index in [0.29, 0.717) is 6.54 Å². The molecule has 0 saturated carbocycles. The summed E-state index contributed by atoms with van der Waals surface area (Å²) in [6.07, 6.45) is 0.285. The van der Waals surface area contributed by atoms with Crippen LogP contribution >= 0.6 is 0 Å². The van der Waals surface area contributed by atoms with Crippen LogP contribution in [-0.2, 0) is 21.1 Å². The van der Waals surface area contributed by atoms with E-state index in [2.05, 4.69) is 0 Å². The first-order valence-electron chi connectivity index (χ1n) is 7.26. The van der Waals surface area contributed by atoms with Gasteiger partial charge in [-0.3, -0.25) is 4.79 Å². The van der Waals surface area contributed by atoms with Gasteiger partial charge in [0.2, 0.25) is 5.91 Å². The third-order valence-electron chi connectivity index (χ3n) is 3.90. The van der Waals surface area contributed by atoms with Gasteiger partial charge >= 0.3 is 0 Å². The van der Waals surface area contributed by atoms with Gasteiger partial charge in [-0.1, -0.05) is 18.2 Å². The molecule has 1 aliphatic rings. The first-order valence-corrected chi connectivity index (χ1v) is 8.98. The fourth-order valence-electron chi connectivity index (χ4n) is 2.60. The van der Waals surface area contributed by atoms with Crippen LogP contribution in [0.25, 0.3) is 0 Å². The number of rotatable bonds is 5. The van der Waals surface area contributed by atoms with Crippen LogP contribution in [-0.4, -0.2) is 54.8 Å². The molecule has 0 bridgehead atoms. The number of fused-ring (bicyclic) bond motifs is 1. The Kier molecular flexibility index (Phi) is 5.20. The van der Waals surface area contributed by atoms with Gasteiger partial charge in [-0.15, -0.1) is 0 Å². The number of aryl methyl sites for hydroxylation is 1. The maximum absolute atomic E-state index is 12.6. The zero-order valence-electron chi connectivity index (χ0n) is 12.5. The topological polar surface area (TPSA) is 94.9 Å². The Bertz CT molecular complexity index is 643. The predicted molar refractivity (Wildman–Crippen MR) is 83.5 cm³/mol. The first kappa shape index (κ1) is 16.9. The highest BCUT2D eigenvalue weighted by atomic mass is 32.2. The van der Waals surface area contributed by atoms with E-state index in [1.165, 1.54) is 11.8 Å². The number of hydrogen-bond donors (Lipinski definition) is 2. The molecule has 2 N–H and O–H groups in total. The van der Waals surface area contributed by atoms with Gasteiger partial charge in [-0.05, 0) is 31.4 Å². The summed E-state index contributed by atoms with van der Waals surface area (Å²) in [6.45, 7) is 1.17. The van der Waals surface area contributed by atoms with E-state index in [4.69, 9.17) is 5.11 Å². The van der Waals surface area contributed by atoms with E-state index in [0.717, 1.165) is 24.1 Å². The predicted octanol–water partition coefficient (Wildman–Crippen LogP) is 0.122. The van der Waals surface area contributed by atoms with E-state index in [-0.39, 0.29) is 0 Å². The fraction of sp³-hybridized carbons (Fsp3) is 0.533. The smallest absolute Gasteiger partial charge is 0.245 e. The van der Waals surface area contributed by atoms with Crippen molar-refractivity contribution in [1.29, 1.82) is 0 Å². The first-order chi connectivity index (χ1) is 10.4. The lowest BCUT2D eigenvalue weighted by Crippen LogP contribution is -2.45. The Balaban J connectivity index is 2.22. The number of amides is 1. The van der Waals surface area contributed by atoms with E-state index < -0.39 is 39.5 Å². The molecule has 0 radical (unpaired) electrons. The van der Waals surface area contributed by atoms with Gasteiger partial charge in [-0.2, -0.15) is 0 Å². The highest BCUT2D eigenvalue weighted by Crippen LogP contribution is 2.28. The second kappa shape index (κ2) is 6.76. The SMILES string of the molecule is C[C@@H](C(=O)N1CCCc2ccccc21)S(=O)(=O)C[C@H](O)CO. The van der Waals surface area contributed by atoms with Gasteiger partial charge < -0.3 is 15.1 Å². The van der Waals surface area contributed by atoms with E-state index in [9.17, 15) is 18.3 Å². The molecule has 0 aromatic heterocycles. The van der Waals surface area contributed by atoms with E-state index in [1.807, 2.05) is 24.3 Å². The van der Waals surface area contributed by atoms with Crippen LogP contribution in [0, 0.1) is 0 Å². The Morgan fingerprint density at radius 1 is 1.36 bits per heavy atom. The number of carbonyl (C=O) groups excluding carboxylic acids is 1. The lowest BCUT2D eigenvalue weighted by Gasteiger charge is -2.31. The quantitative estimate of drug-likeness (QED) is 0.801. The monoisotopic (exact) mass is 327 g/mol. The van der Waals surface area contributed by atoms with Crippen LogP contribution in [0.1, 0.15) is 18.9 Å². The van der Waals surface area contributed by atoms with Crippen molar-refractivity contribution in [2.24, 2.45) is 0 Å². The molecule has 2 atom stereocenters. The van der Waals surface area contributed by atoms with Crippen molar-refractivity contribution < 1.29 is 23.4 Å². The molecule has 7 heteroatoms. The highest BCUT2D eigenvalue weighted by molar-refractivity contribution is 7.92. The van der Waals surface area contributed by atoms with Gasteiger partial charge in [0.25, 0.3) is 0 Å². The second-order valence-corrected chi connectivity index (χ2v) is 7.90. The van der Waals surface area contributed by atoms with Crippen LogP contribution in [0.3, 0.4) is 0 Å². The summed E-state index contributed by atoms with van der Waals surface area (Å²) in [5.74, 6) is -1.11. The van der Waals surface area contributed by atoms with Crippen LogP contribution in [0.4, 0.5) is 5.69 Å². The molecular weight excluding hydrogens is 306 g/mol. The lowest BCUT2D eigenvalue weighted by atomic mass is 10.0. The van der Waals surface area contributed by atoms with E-state index >= 15 is 0 Å². The van der Waals surface area contributed by atoms with Crippen LogP contribution in [0.2, 0.25) is 0 Å². The highest BCUT2D eigenvalue weighted by Gasteiger charge is 2.35. The fourth-order valence-corrected chi connectivity index (χ4v) is 3.97. The molecule has 0 fully saturated rings. The standard InChI is InChI=1S/C15H21NO5S/c1-11(22(20,21)10-13(18)9-17)15(19)16-8-4-6-12-5-2-3-7-14(12)16/h2-3,5,7,11,13,17-18H,4,6,8-10H2,1H3/t11-,13+/m0/s1. The third kappa shape index (κ3) is 3.48. The minimum atomic E-state index is -3.82. The number of hydrogen-bond acceptors (Lipinski definition) is 5. The minimum absolute atomic E-state index is 0.484. The van der Waals surface area contributed by atoms with Crippen molar-refractivity contribution in [3.63, 3.8) is 0 Å². The Labute approximate surface area is 130 Å². The van der Waals surface area contributed by atoms with Crippen molar-refractivity contribution in [3.8, 4) is 0 Å². The summed E-state index contributed by atoms with van der Waals surface area (Å²) in [6, 6.07) is 7.46. The number of sulfone groups is 1. The number of benzene rings is 1. The number of carbonyl (C=O) groups is 1. The van der Waals surface area contributed by atoms with Crippen LogP contribution < -0.4 is 4.90 Å². The minimum Gasteiger partial charge on any atom is -0.394 e. The zero-order chi connectivity index (χ0) is 16.3. The summed E-state index contributed by atoms with van der Waals surface area (Å²) in [5.41, 5.74) is 1.78. The van der Waals surface area contributed by atoms with Gasteiger partial charge in [0.1, 0.15) is 5.25 Å². The summed E-state index contributed by atoms with van der Waals surface area (Å²) < 4.78 is 24.4. The molecule has 6 nitrogen and oxygen atoms in total. The molecule has 1 amide bonds. The molecule has 0 unspecified atom stereocenters. The lowest BCUT2D eigenvalue weighted by molar-refractivity contribution is -0.118.